The number of rotatable bonds is 1. The molecule has 3 nitrogen and oxygen atoms in total. The van der Waals surface area contributed by atoms with Crippen LogP contribution in [-0.2, 0) is 4.79 Å². The highest BCUT2D eigenvalue weighted by Gasteiger charge is 2.35. The van der Waals surface area contributed by atoms with Gasteiger partial charge in [0.15, 0.2) is 0 Å². The molecule has 1 amide bonds. The van der Waals surface area contributed by atoms with Crippen LogP contribution in [0.2, 0.25) is 0 Å². The largest absolute Gasteiger partial charge is 0.397 e. The van der Waals surface area contributed by atoms with Crippen LogP contribution in [0.15, 0.2) is 0 Å². The van der Waals surface area contributed by atoms with Crippen molar-refractivity contribution in [3.8, 4) is 0 Å². The second-order valence-corrected chi connectivity index (χ2v) is 3.18. The van der Waals surface area contributed by atoms with Crippen molar-refractivity contribution in [1.29, 1.82) is 0 Å². The number of carbonyl (C=O) groups is 1. The first-order valence-electron chi connectivity index (χ1n) is 3.98. The van der Waals surface area contributed by atoms with Gasteiger partial charge in [-0.05, 0) is 6.42 Å². The van der Waals surface area contributed by atoms with Gasteiger partial charge in [-0.1, -0.05) is 0 Å². The van der Waals surface area contributed by atoms with Gasteiger partial charge in [0.2, 0.25) is 5.91 Å². The molecule has 76 valence electrons. The van der Waals surface area contributed by atoms with Gasteiger partial charge in [-0.3, -0.25) is 4.79 Å². The molecular weight excluding hydrogens is 185 g/mol. The zero-order valence-corrected chi connectivity index (χ0v) is 6.97. The summed E-state index contributed by atoms with van der Waals surface area (Å²) < 4.78 is 35.3. The summed E-state index contributed by atoms with van der Waals surface area (Å²) in [6.45, 7) is 0.588. The normalized spacial score (nSPS) is 23.7. The Balaban J connectivity index is 2.41. The lowest BCUT2D eigenvalue weighted by Gasteiger charge is -2.16. The van der Waals surface area contributed by atoms with Crippen molar-refractivity contribution >= 4 is 5.91 Å². The quantitative estimate of drug-likeness (QED) is 0.663. The summed E-state index contributed by atoms with van der Waals surface area (Å²) in [5, 5.41) is 0. The molecule has 0 radical (unpaired) electrons. The molecule has 0 aliphatic carbocycles. The Labute approximate surface area is 73.7 Å². The topological polar surface area (TPSA) is 46.3 Å². The molecule has 0 saturated carbocycles. The number of carbonyl (C=O) groups excluding carboxylic acids is 1. The predicted molar refractivity (Wildman–Crippen MR) is 39.8 cm³/mol. The Morgan fingerprint density at radius 2 is 2.15 bits per heavy atom. The first-order valence-corrected chi connectivity index (χ1v) is 3.98. The summed E-state index contributed by atoms with van der Waals surface area (Å²) in [5.41, 5.74) is 5.45. The summed E-state index contributed by atoms with van der Waals surface area (Å²) in [7, 11) is 0. The number of hydrogen-bond donors (Lipinski definition) is 1. The number of nitrogens with zero attached hydrogens (tertiary/aromatic N) is 1. The molecular formula is C7H11F3N2O. The van der Waals surface area contributed by atoms with Gasteiger partial charge in [-0.25, -0.2) is 0 Å². The number of likely N-dealkylation sites (tertiary alicyclic amines) is 1. The summed E-state index contributed by atoms with van der Waals surface area (Å²) in [4.78, 5) is 12.1. The molecule has 1 aliphatic rings. The van der Waals surface area contributed by atoms with Crippen molar-refractivity contribution in [1.82, 2.24) is 4.90 Å². The van der Waals surface area contributed by atoms with Crippen LogP contribution in [0.4, 0.5) is 13.2 Å². The molecule has 0 aromatic carbocycles. The van der Waals surface area contributed by atoms with Crippen LogP contribution in [-0.4, -0.2) is 36.1 Å². The number of nitrogens with two attached hydrogens (primary N) is 1. The monoisotopic (exact) mass is 196 g/mol. The third-order valence-electron chi connectivity index (χ3n) is 1.93. The lowest BCUT2D eigenvalue weighted by molar-refractivity contribution is -0.160. The smallest absolute Gasteiger partial charge is 0.341 e. The van der Waals surface area contributed by atoms with Gasteiger partial charge in [-0.2, -0.15) is 13.2 Å². The van der Waals surface area contributed by atoms with Gasteiger partial charge in [0.1, 0.15) is 6.42 Å². The van der Waals surface area contributed by atoms with Crippen LogP contribution in [0, 0.1) is 0 Å². The maximum atomic E-state index is 11.8. The number of hydrogen-bond acceptors (Lipinski definition) is 2. The average Bonchev–Trinajstić information content (AvgIpc) is 2.31. The Morgan fingerprint density at radius 1 is 1.54 bits per heavy atom. The van der Waals surface area contributed by atoms with Crippen LogP contribution in [0.25, 0.3) is 0 Å². The van der Waals surface area contributed by atoms with E-state index in [1.54, 1.807) is 0 Å². The fraction of sp³-hybridized carbons (Fsp3) is 0.857. The summed E-state index contributed by atoms with van der Waals surface area (Å²) in [5.74, 6) is -0.875. The van der Waals surface area contributed by atoms with E-state index in [1.807, 2.05) is 0 Å². The van der Waals surface area contributed by atoms with Crippen molar-refractivity contribution < 1.29 is 18.0 Å². The first kappa shape index (κ1) is 10.3. The fourth-order valence-corrected chi connectivity index (χ4v) is 1.30. The molecule has 0 bridgehead atoms. The van der Waals surface area contributed by atoms with Crippen molar-refractivity contribution in [3.05, 3.63) is 0 Å². The average molecular weight is 196 g/mol. The van der Waals surface area contributed by atoms with E-state index in [0.29, 0.717) is 13.0 Å². The minimum atomic E-state index is -4.41. The highest BCUT2D eigenvalue weighted by molar-refractivity contribution is 5.77. The lowest BCUT2D eigenvalue weighted by atomic mass is 10.3. The molecule has 0 spiro atoms. The van der Waals surface area contributed by atoms with Gasteiger partial charge >= 0.3 is 6.18 Å². The van der Waals surface area contributed by atoms with Gasteiger partial charge in [0, 0.05) is 19.1 Å². The molecule has 1 fully saturated rings. The van der Waals surface area contributed by atoms with E-state index in [9.17, 15) is 18.0 Å². The van der Waals surface area contributed by atoms with Crippen molar-refractivity contribution in [2.24, 2.45) is 5.73 Å². The SMILES string of the molecule is N[C@H]1CCN(C(=O)CC(F)(F)F)C1. The molecule has 0 aromatic heterocycles. The van der Waals surface area contributed by atoms with E-state index in [1.165, 1.54) is 0 Å². The van der Waals surface area contributed by atoms with E-state index in [4.69, 9.17) is 5.73 Å². The zero-order chi connectivity index (χ0) is 10.1. The Bertz CT molecular complexity index is 204. The minimum Gasteiger partial charge on any atom is -0.341 e. The van der Waals surface area contributed by atoms with Gasteiger partial charge < -0.3 is 10.6 Å². The molecule has 1 aliphatic heterocycles. The molecule has 0 aromatic rings. The van der Waals surface area contributed by atoms with Crippen LogP contribution in [0.3, 0.4) is 0 Å². The molecule has 0 unspecified atom stereocenters. The number of amides is 1. The second-order valence-electron chi connectivity index (χ2n) is 3.18. The molecule has 1 rings (SSSR count). The molecule has 1 saturated heterocycles. The van der Waals surface area contributed by atoms with Crippen molar-refractivity contribution in [2.75, 3.05) is 13.1 Å². The van der Waals surface area contributed by atoms with Crippen molar-refractivity contribution in [2.45, 2.75) is 25.1 Å². The standard InChI is InChI=1S/C7H11F3N2O/c8-7(9,10)3-6(13)12-2-1-5(11)4-12/h5H,1-4,11H2/t5-/m0/s1. The van der Waals surface area contributed by atoms with Crippen molar-refractivity contribution in [3.63, 3.8) is 0 Å². The number of alkyl halides is 3. The summed E-state index contributed by atoms with van der Waals surface area (Å²) >= 11 is 0. The van der Waals surface area contributed by atoms with Crippen LogP contribution < -0.4 is 5.73 Å². The molecule has 1 atom stereocenters. The van der Waals surface area contributed by atoms with Gasteiger partial charge in [0.25, 0.3) is 0 Å². The highest BCUT2D eigenvalue weighted by Crippen LogP contribution is 2.21. The Morgan fingerprint density at radius 3 is 2.54 bits per heavy atom. The van der Waals surface area contributed by atoms with E-state index in [2.05, 4.69) is 0 Å². The summed E-state index contributed by atoms with van der Waals surface area (Å²) in [6.07, 6.45) is -5.20. The number of halogens is 3. The molecule has 2 N–H and O–H groups in total. The molecule has 1 heterocycles. The van der Waals surface area contributed by atoms with Gasteiger partial charge in [-0.15, -0.1) is 0 Å². The van der Waals surface area contributed by atoms with E-state index in [0.717, 1.165) is 4.90 Å². The Hall–Kier alpha value is -0.780. The van der Waals surface area contributed by atoms with Crippen LogP contribution in [0.5, 0.6) is 0 Å². The minimum absolute atomic E-state index is 0.169. The third kappa shape index (κ3) is 3.22. The van der Waals surface area contributed by atoms with E-state index < -0.39 is 18.5 Å². The summed E-state index contributed by atoms with van der Waals surface area (Å²) in [6, 6.07) is -0.169. The highest BCUT2D eigenvalue weighted by atomic mass is 19.4. The maximum absolute atomic E-state index is 11.8. The first-order chi connectivity index (χ1) is 5.88. The molecule has 13 heavy (non-hydrogen) atoms. The van der Waals surface area contributed by atoms with Gasteiger partial charge in [0.05, 0.1) is 0 Å². The third-order valence-corrected chi connectivity index (χ3v) is 1.93. The zero-order valence-electron chi connectivity index (χ0n) is 6.97. The van der Waals surface area contributed by atoms with Crippen LogP contribution >= 0.6 is 0 Å². The molecule has 6 heteroatoms. The second kappa shape index (κ2) is 3.53. The lowest BCUT2D eigenvalue weighted by Crippen LogP contribution is -2.34. The van der Waals surface area contributed by atoms with Crippen LogP contribution in [0.1, 0.15) is 12.8 Å². The van der Waals surface area contributed by atoms with E-state index in [-0.39, 0.29) is 12.6 Å². The Kier molecular flexibility index (Phi) is 2.80. The fourth-order valence-electron chi connectivity index (χ4n) is 1.30. The maximum Gasteiger partial charge on any atom is 0.397 e. The predicted octanol–water partition coefficient (Wildman–Crippen LogP) is 0.498. The van der Waals surface area contributed by atoms with E-state index >= 15 is 0 Å².